The van der Waals surface area contributed by atoms with Crippen molar-refractivity contribution in [1.82, 2.24) is 25.3 Å². The average molecular weight is 361 g/mol. The molecule has 3 heterocycles. The number of aromatic carboxylic acids is 1. The zero-order valence-electron chi connectivity index (χ0n) is 13.7. The summed E-state index contributed by atoms with van der Waals surface area (Å²) in [5.74, 6) is -0.476. The van der Waals surface area contributed by atoms with E-state index in [2.05, 4.69) is 25.3 Å². The minimum atomic E-state index is -1.01. The monoisotopic (exact) mass is 361 g/mol. The third-order valence-electron chi connectivity index (χ3n) is 3.82. The molecule has 0 bridgehead atoms. The van der Waals surface area contributed by atoms with Crippen molar-refractivity contribution >= 4 is 5.97 Å². The lowest BCUT2D eigenvalue weighted by Gasteiger charge is -1.99. The number of carbonyl (C=O) groups is 1. The molecule has 0 saturated heterocycles. The quantitative estimate of drug-likeness (QED) is 0.565. The van der Waals surface area contributed by atoms with Crippen molar-refractivity contribution in [3.8, 4) is 34.1 Å². The summed E-state index contributed by atoms with van der Waals surface area (Å²) in [6, 6.07) is 11.1. The van der Waals surface area contributed by atoms with Crippen LogP contribution in [0.3, 0.4) is 0 Å². The predicted octanol–water partition coefficient (Wildman–Crippen LogP) is 2.25. The Morgan fingerprint density at radius 2 is 1.93 bits per heavy atom. The Labute approximate surface area is 151 Å². The fourth-order valence-electron chi connectivity index (χ4n) is 2.45. The van der Waals surface area contributed by atoms with E-state index < -0.39 is 11.5 Å². The second-order valence-corrected chi connectivity index (χ2v) is 5.54. The van der Waals surface area contributed by atoms with E-state index in [1.807, 2.05) is 0 Å². The smallest absolute Gasteiger partial charge is 0.335 e. The highest BCUT2D eigenvalue weighted by atomic mass is 16.5. The van der Waals surface area contributed by atoms with Crippen molar-refractivity contribution in [2.75, 3.05) is 0 Å². The van der Waals surface area contributed by atoms with Crippen LogP contribution in [0.25, 0.3) is 34.1 Å². The minimum absolute atomic E-state index is 0.169. The van der Waals surface area contributed by atoms with Crippen LogP contribution < -0.4 is 5.56 Å². The first-order valence-electron chi connectivity index (χ1n) is 7.80. The van der Waals surface area contributed by atoms with Crippen LogP contribution in [0, 0.1) is 0 Å². The van der Waals surface area contributed by atoms with Gasteiger partial charge in [0, 0.05) is 24.0 Å². The number of benzene rings is 1. The summed E-state index contributed by atoms with van der Waals surface area (Å²) in [5.41, 5.74) is 1.55. The normalized spacial score (nSPS) is 10.7. The molecule has 2 N–H and O–H groups in total. The first kappa shape index (κ1) is 16.3. The molecular formula is C18H11N5O4. The third kappa shape index (κ3) is 3.21. The Kier molecular flexibility index (Phi) is 4.01. The molecule has 0 spiro atoms. The van der Waals surface area contributed by atoms with E-state index >= 15 is 0 Å². The number of nitrogens with zero attached hydrogens (tertiary/aromatic N) is 4. The van der Waals surface area contributed by atoms with Crippen molar-refractivity contribution in [3.05, 3.63) is 70.8 Å². The Hall–Kier alpha value is -4.14. The summed E-state index contributed by atoms with van der Waals surface area (Å²) in [6.07, 6.45) is 2.90. The predicted molar refractivity (Wildman–Crippen MR) is 93.8 cm³/mol. The van der Waals surface area contributed by atoms with Gasteiger partial charge in [0.1, 0.15) is 17.0 Å². The second kappa shape index (κ2) is 6.64. The molecule has 1 aromatic carbocycles. The van der Waals surface area contributed by atoms with Crippen LogP contribution in [0.1, 0.15) is 10.4 Å². The van der Waals surface area contributed by atoms with E-state index in [0.717, 1.165) is 0 Å². The maximum absolute atomic E-state index is 12.4. The fourth-order valence-corrected chi connectivity index (χ4v) is 2.45. The third-order valence-corrected chi connectivity index (χ3v) is 3.82. The van der Waals surface area contributed by atoms with Gasteiger partial charge in [-0.15, -0.1) is 5.10 Å². The summed E-state index contributed by atoms with van der Waals surface area (Å²) in [4.78, 5) is 30.1. The number of H-pyrrole nitrogens is 1. The van der Waals surface area contributed by atoms with Crippen molar-refractivity contribution in [2.24, 2.45) is 0 Å². The summed E-state index contributed by atoms with van der Waals surface area (Å²) < 4.78 is 5.25. The number of carboxylic acid groups (broad SMARTS) is 1. The van der Waals surface area contributed by atoms with Crippen LogP contribution in [0.5, 0.6) is 0 Å². The van der Waals surface area contributed by atoms with Gasteiger partial charge in [-0.2, -0.15) is 5.10 Å². The number of hydrogen-bond donors (Lipinski definition) is 2. The summed E-state index contributed by atoms with van der Waals surface area (Å²) in [7, 11) is 0. The van der Waals surface area contributed by atoms with Gasteiger partial charge < -0.3 is 14.6 Å². The molecule has 0 atom stereocenters. The fraction of sp³-hybridized carbons (Fsp3) is 0. The van der Waals surface area contributed by atoms with E-state index in [1.54, 1.807) is 30.3 Å². The molecule has 9 heteroatoms. The maximum atomic E-state index is 12.4. The second-order valence-electron chi connectivity index (χ2n) is 5.54. The van der Waals surface area contributed by atoms with Crippen LogP contribution >= 0.6 is 0 Å². The molecule has 4 rings (SSSR count). The molecule has 0 radical (unpaired) electrons. The van der Waals surface area contributed by atoms with Crippen LogP contribution in [-0.4, -0.2) is 36.4 Å². The molecule has 9 nitrogen and oxygen atoms in total. The van der Waals surface area contributed by atoms with Gasteiger partial charge in [-0.1, -0.05) is 17.3 Å². The van der Waals surface area contributed by atoms with Gasteiger partial charge >= 0.3 is 5.97 Å². The van der Waals surface area contributed by atoms with E-state index in [4.69, 9.17) is 9.63 Å². The average Bonchev–Trinajstić information content (AvgIpc) is 3.18. The highest BCUT2D eigenvalue weighted by Crippen LogP contribution is 2.24. The Balaban J connectivity index is 1.65. The molecule has 132 valence electrons. The molecule has 0 aliphatic rings. The summed E-state index contributed by atoms with van der Waals surface area (Å²) in [6.45, 7) is 0. The van der Waals surface area contributed by atoms with Crippen molar-refractivity contribution in [2.45, 2.75) is 0 Å². The molecule has 0 saturated carbocycles. The topological polar surface area (TPSA) is 135 Å². The first-order chi connectivity index (χ1) is 13.1. The molecule has 4 aromatic rings. The standard InChI is InChI=1S/C18H11N5O4/c24-17-12(9-19-16(21-17)13-2-1-7-20-22-13)15-8-14(23-27-15)10-3-5-11(6-4-10)18(25)26/h1-9H,(H,25,26)(H,19,21,24). The van der Waals surface area contributed by atoms with E-state index in [1.165, 1.54) is 24.5 Å². The summed E-state index contributed by atoms with van der Waals surface area (Å²) in [5, 5.41) is 20.5. The van der Waals surface area contributed by atoms with Gasteiger partial charge in [0.25, 0.3) is 5.56 Å². The van der Waals surface area contributed by atoms with Gasteiger partial charge in [-0.25, -0.2) is 9.78 Å². The van der Waals surface area contributed by atoms with Crippen LogP contribution in [-0.2, 0) is 0 Å². The lowest BCUT2D eigenvalue weighted by molar-refractivity contribution is 0.0697. The van der Waals surface area contributed by atoms with Gasteiger partial charge in [-0.3, -0.25) is 4.79 Å². The molecule has 0 amide bonds. The van der Waals surface area contributed by atoms with Crippen molar-refractivity contribution in [3.63, 3.8) is 0 Å². The van der Waals surface area contributed by atoms with Gasteiger partial charge in [0.2, 0.25) is 0 Å². The van der Waals surface area contributed by atoms with Gasteiger partial charge in [-0.05, 0) is 24.3 Å². The van der Waals surface area contributed by atoms with Gasteiger partial charge in [0.15, 0.2) is 11.6 Å². The molecule has 0 fully saturated rings. The Bertz CT molecular complexity index is 1170. The van der Waals surface area contributed by atoms with E-state index in [9.17, 15) is 9.59 Å². The highest BCUT2D eigenvalue weighted by Gasteiger charge is 2.14. The maximum Gasteiger partial charge on any atom is 0.335 e. The van der Waals surface area contributed by atoms with Crippen molar-refractivity contribution < 1.29 is 14.4 Å². The number of nitrogens with one attached hydrogen (secondary N) is 1. The number of carboxylic acids is 1. The number of aromatic nitrogens is 5. The Morgan fingerprint density at radius 1 is 1.11 bits per heavy atom. The number of rotatable bonds is 4. The van der Waals surface area contributed by atoms with Crippen LogP contribution in [0.4, 0.5) is 0 Å². The van der Waals surface area contributed by atoms with Crippen LogP contribution in [0.2, 0.25) is 0 Å². The van der Waals surface area contributed by atoms with Gasteiger partial charge in [0.05, 0.1) is 5.56 Å². The number of hydrogen-bond acceptors (Lipinski definition) is 7. The molecule has 0 unspecified atom stereocenters. The molecule has 0 aliphatic carbocycles. The molecule has 27 heavy (non-hydrogen) atoms. The zero-order valence-corrected chi connectivity index (χ0v) is 13.7. The molecular weight excluding hydrogens is 350 g/mol. The Morgan fingerprint density at radius 3 is 2.59 bits per heavy atom. The number of aromatic amines is 1. The lowest BCUT2D eigenvalue weighted by atomic mass is 10.1. The molecule has 0 aliphatic heterocycles. The molecule has 3 aromatic heterocycles. The lowest BCUT2D eigenvalue weighted by Crippen LogP contribution is -2.11. The van der Waals surface area contributed by atoms with Crippen molar-refractivity contribution in [1.29, 1.82) is 0 Å². The minimum Gasteiger partial charge on any atom is -0.478 e. The zero-order chi connectivity index (χ0) is 18.8. The van der Waals surface area contributed by atoms with Crippen LogP contribution in [0.15, 0.2) is 64.2 Å². The summed E-state index contributed by atoms with van der Waals surface area (Å²) >= 11 is 0. The highest BCUT2D eigenvalue weighted by molar-refractivity contribution is 5.88. The SMILES string of the molecule is O=C(O)c1ccc(-c2cc(-c3cnc(-c4cccnn4)[nH]c3=O)on2)cc1. The van der Waals surface area contributed by atoms with E-state index in [-0.39, 0.29) is 16.9 Å². The first-order valence-corrected chi connectivity index (χ1v) is 7.80. The van der Waals surface area contributed by atoms with E-state index in [0.29, 0.717) is 22.8 Å². The largest absolute Gasteiger partial charge is 0.478 e.